The lowest BCUT2D eigenvalue weighted by Crippen LogP contribution is -2.28. The van der Waals surface area contributed by atoms with Crippen LogP contribution < -0.4 is 5.32 Å². The molecule has 0 spiro atoms. The zero-order valence-electron chi connectivity index (χ0n) is 12.4. The number of hydrogen-bond donors (Lipinski definition) is 1. The van der Waals surface area contributed by atoms with Crippen molar-refractivity contribution in [2.24, 2.45) is 0 Å². The van der Waals surface area contributed by atoms with Crippen LogP contribution in [-0.4, -0.2) is 34.4 Å². The third-order valence-electron chi connectivity index (χ3n) is 3.09. The number of anilines is 1. The molecule has 21 heavy (non-hydrogen) atoms. The van der Waals surface area contributed by atoms with Crippen molar-refractivity contribution >= 4 is 11.7 Å². The highest BCUT2D eigenvalue weighted by Crippen LogP contribution is 2.07. The summed E-state index contributed by atoms with van der Waals surface area (Å²) < 4.78 is 5.21. The van der Waals surface area contributed by atoms with Gasteiger partial charge in [-0.2, -0.15) is 0 Å². The number of amides is 1. The van der Waals surface area contributed by atoms with Crippen LogP contribution >= 0.6 is 0 Å². The van der Waals surface area contributed by atoms with E-state index in [2.05, 4.69) is 22.2 Å². The SMILES string of the molecule is CCCCN(C)C(=O)c1cnc(NCc2ccco2)cn1. The molecule has 2 aromatic rings. The van der Waals surface area contributed by atoms with Gasteiger partial charge in [0.2, 0.25) is 0 Å². The van der Waals surface area contributed by atoms with Gasteiger partial charge in [-0.25, -0.2) is 9.97 Å². The minimum atomic E-state index is -0.103. The number of nitrogens with one attached hydrogen (secondary N) is 1. The van der Waals surface area contributed by atoms with Crippen LogP contribution in [0.1, 0.15) is 36.0 Å². The zero-order valence-corrected chi connectivity index (χ0v) is 12.4. The summed E-state index contributed by atoms with van der Waals surface area (Å²) in [7, 11) is 1.78. The summed E-state index contributed by atoms with van der Waals surface area (Å²) in [4.78, 5) is 22.1. The zero-order chi connectivity index (χ0) is 15.1. The number of furan rings is 1. The summed E-state index contributed by atoms with van der Waals surface area (Å²) in [6, 6.07) is 3.71. The molecule has 2 aromatic heterocycles. The van der Waals surface area contributed by atoms with Gasteiger partial charge in [0.15, 0.2) is 0 Å². The lowest BCUT2D eigenvalue weighted by atomic mass is 10.3. The highest BCUT2D eigenvalue weighted by Gasteiger charge is 2.13. The maximum Gasteiger partial charge on any atom is 0.273 e. The highest BCUT2D eigenvalue weighted by atomic mass is 16.3. The summed E-state index contributed by atoms with van der Waals surface area (Å²) in [5, 5.41) is 3.08. The number of aromatic nitrogens is 2. The summed E-state index contributed by atoms with van der Waals surface area (Å²) in [5.41, 5.74) is 0.358. The van der Waals surface area contributed by atoms with Crippen LogP contribution in [0.15, 0.2) is 35.2 Å². The van der Waals surface area contributed by atoms with Gasteiger partial charge in [-0.1, -0.05) is 13.3 Å². The van der Waals surface area contributed by atoms with Crippen molar-refractivity contribution in [3.63, 3.8) is 0 Å². The van der Waals surface area contributed by atoms with E-state index in [1.54, 1.807) is 24.4 Å². The van der Waals surface area contributed by atoms with Crippen LogP contribution in [0.3, 0.4) is 0 Å². The Morgan fingerprint density at radius 2 is 2.24 bits per heavy atom. The predicted octanol–water partition coefficient (Wildman–Crippen LogP) is 2.55. The molecule has 0 radical (unpaired) electrons. The lowest BCUT2D eigenvalue weighted by Gasteiger charge is -2.15. The minimum Gasteiger partial charge on any atom is -0.467 e. The lowest BCUT2D eigenvalue weighted by molar-refractivity contribution is 0.0787. The van der Waals surface area contributed by atoms with Crippen molar-refractivity contribution in [3.8, 4) is 0 Å². The topological polar surface area (TPSA) is 71.3 Å². The average molecular weight is 288 g/mol. The fourth-order valence-corrected chi connectivity index (χ4v) is 1.81. The number of nitrogens with zero attached hydrogens (tertiary/aromatic N) is 3. The average Bonchev–Trinajstić information content (AvgIpc) is 3.04. The van der Waals surface area contributed by atoms with Gasteiger partial charge in [0.25, 0.3) is 5.91 Å². The third kappa shape index (κ3) is 4.30. The fourth-order valence-electron chi connectivity index (χ4n) is 1.81. The molecule has 0 unspecified atom stereocenters. The molecule has 0 bridgehead atoms. The first kappa shape index (κ1) is 15.0. The molecule has 0 saturated heterocycles. The van der Waals surface area contributed by atoms with Gasteiger partial charge < -0.3 is 14.6 Å². The standard InChI is InChI=1S/C15H20N4O2/c1-3-4-7-19(2)15(20)13-10-18-14(11-16-13)17-9-12-6-5-8-21-12/h5-6,8,10-11H,3-4,7,9H2,1-2H3,(H,17,18). The van der Waals surface area contributed by atoms with Crippen molar-refractivity contribution in [2.75, 3.05) is 18.9 Å². The molecule has 2 rings (SSSR count). The van der Waals surface area contributed by atoms with Crippen LogP contribution in [0.4, 0.5) is 5.82 Å². The van der Waals surface area contributed by atoms with E-state index >= 15 is 0 Å². The third-order valence-corrected chi connectivity index (χ3v) is 3.09. The van der Waals surface area contributed by atoms with Crippen molar-refractivity contribution in [1.82, 2.24) is 14.9 Å². The Morgan fingerprint density at radius 3 is 2.86 bits per heavy atom. The first-order valence-corrected chi connectivity index (χ1v) is 7.04. The Balaban J connectivity index is 1.90. The smallest absolute Gasteiger partial charge is 0.273 e. The molecule has 0 aliphatic carbocycles. The number of carbonyl (C=O) groups excluding carboxylic acids is 1. The number of rotatable bonds is 7. The largest absolute Gasteiger partial charge is 0.467 e. The molecular formula is C15H20N4O2. The van der Waals surface area contributed by atoms with E-state index in [0.717, 1.165) is 25.1 Å². The Morgan fingerprint density at radius 1 is 1.38 bits per heavy atom. The molecule has 0 aliphatic rings. The van der Waals surface area contributed by atoms with Crippen molar-refractivity contribution in [3.05, 3.63) is 42.2 Å². The number of carbonyl (C=O) groups is 1. The van der Waals surface area contributed by atoms with Gasteiger partial charge >= 0.3 is 0 Å². The molecule has 6 nitrogen and oxygen atoms in total. The normalized spacial score (nSPS) is 10.4. The Kier molecular flexibility index (Phi) is 5.31. The van der Waals surface area contributed by atoms with Gasteiger partial charge in [-0.15, -0.1) is 0 Å². The van der Waals surface area contributed by atoms with E-state index in [9.17, 15) is 4.79 Å². The van der Waals surface area contributed by atoms with Crippen molar-refractivity contribution in [1.29, 1.82) is 0 Å². The van der Waals surface area contributed by atoms with E-state index < -0.39 is 0 Å². The Labute approximate surface area is 124 Å². The second kappa shape index (κ2) is 7.42. The Hall–Kier alpha value is -2.37. The molecule has 0 aliphatic heterocycles. The Bertz CT molecular complexity index is 552. The maximum atomic E-state index is 12.1. The van der Waals surface area contributed by atoms with E-state index in [4.69, 9.17) is 4.42 Å². The van der Waals surface area contributed by atoms with E-state index in [0.29, 0.717) is 18.1 Å². The first-order valence-electron chi connectivity index (χ1n) is 7.04. The van der Waals surface area contributed by atoms with E-state index in [1.807, 2.05) is 12.1 Å². The molecule has 2 heterocycles. The predicted molar refractivity (Wildman–Crippen MR) is 79.9 cm³/mol. The quantitative estimate of drug-likeness (QED) is 0.847. The van der Waals surface area contributed by atoms with Crippen molar-refractivity contribution < 1.29 is 9.21 Å². The van der Waals surface area contributed by atoms with Gasteiger partial charge in [0, 0.05) is 13.6 Å². The first-order chi connectivity index (χ1) is 10.2. The molecular weight excluding hydrogens is 268 g/mol. The van der Waals surface area contributed by atoms with Crippen LogP contribution in [0.5, 0.6) is 0 Å². The summed E-state index contributed by atoms with van der Waals surface area (Å²) in [6.45, 7) is 3.36. The second-order valence-electron chi connectivity index (χ2n) is 4.80. The van der Waals surface area contributed by atoms with Crippen molar-refractivity contribution in [2.45, 2.75) is 26.3 Å². The minimum absolute atomic E-state index is 0.103. The highest BCUT2D eigenvalue weighted by molar-refractivity contribution is 5.91. The van der Waals surface area contributed by atoms with E-state index in [-0.39, 0.29) is 5.91 Å². The monoisotopic (exact) mass is 288 g/mol. The summed E-state index contributed by atoms with van der Waals surface area (Å²) in [6.07, 6.45) is 6.72. The molecule has 0 saturated carbocycles. The van der Waals surface area contributed by atoms with Crippen LogP contribution in [0.2, 0.25) is 0 Å². The maximum absolute atomic E-state index is 12.1. The molecule has 112 valence electrons. The number of hydrogen-bond acceptors (Lipinski definition) is 5. The van der Waals surface area contributed by atoms with Crippen LogP contribution in [0, 0.1) is 0 Å². The molecule has 1 N–H and O–H groups in total. The molecule has 0 fully saturated rings. The van der Waals surface area contributed by atoms with E-state index in [1.165, 1.54) is 6.20 Å². The van der Waals surface area contributed by atoms with Gasteiger partial charge in [-0.05, 0) is 18.6 Å². The number of unbranched alkanes of at least 4 members (excludes halogenated alkanes) is 1. The molecule has 0 aromatic carbocycles. The van der Waals surface area contributed by atoms with Gasteiger partial charge in [0.05, 0.1) is 25.2 Å². The van der Waals surface area contributed by atoms with Crippen LogP contribution in [-0.2, 0) is 6.54 Å². The second-order valence-corrected chi connectivity index (χ2v) is 4.80. The summed E-state index contributed by atoms with van der Waals surface area (Å²) >= 11 is 0. The van der Waals surface area contributed by atoms with Crippen LogP contribution in [0.25, 0.3) is 0 Å². The molecule has 0 atom stereocenters. The van der Waals surface area contributed by atoms with Gasteiger partial charge in [-0.3, -0.25) is 4.79 Å². The fraction of sp³-hybridized carbons (Fsp3) is 0.400. The van der Waals surface area contributed by atoms with Gasteiger partial charge in [0.1, 0.15) is 17.3 Å². The molecule has 1 amide bonds. The molecule has 6 heteroatoms. The summed E-state index contributed by atoms with van der Waals surface area (Å²) in [5.74, 6) is 1.32.